The van der Waals surface area contributed by atoms with E-state index < -0.39 is 17.8 Å². The van der Waals surface area contributed by atoms with Crippen molar-refractivity contribution in [1.82, 2.24) is 10.3 Å². The van der Waals surface area contributed by atoms with Gasteiger partial charge in [0.05, 0.1) is 22.4 Å². The molecule has 0 aliphatic carbocycles. The van der Waals surface area contributed by atoms with E-state index >= 15 is 0 Å². The van der Waals surface area contributed by atoms with Crippen LogP contribution in [0.3, 0.4) is 0 Å². The molecule has 2 aromatic rings. The highest BCUT2D eigenvalue weighted by molar-refractivity contribution is 7.09. The van der Waals surface area contributed by atoms with Crippen LogP contribution in [0.2, 0.25) is 0 Å². The van der Waals surface area contributed by atoms with Crippen LogP contribution in [0.25, 0.3) is 0 Å². The Balaban J connectivity index is 1.90. The number of halogens is 3. The first-order chi connectivity index (χ1) is 10.8. The number of hydrogen-bond acceptors (Lipinski definition) is 4. The van der Waals surface area contributed by atoms with E-state index in [1.165, 1.54) is 12.1 Å². The quantitative estimate of drug-likeness (QED) is 0.829. The van der Waals surface area contributed by atoms with Gasteiger partial charge in [0.25, 0.3) is 0 Å². The lowest BCUT2D eigenvalue weighted by Gasteiger charge is -2.14. The van der Waals surface area contributed by atoms with Crippen molar-refractivity contribution in [3.63, 3.8) is 0 Å². The number of aromatic nitrogens is 1. The molecule has 0 radical (unpaired) electrons. The van der Waals surface area contributed by atoms with Crippen molar-refractivity contribution in [3.8, 4) is 0 Å². The second-order valence-corrected chi connectivity index (χ2v) is 6.49. The molecule has 0 aliphatic rings. The van der Waals surface area contributed by atoms with Gasteiger partial charge >= 0.3 is 6.18 Å². The molecule has 0 bridgehead atoms. The number of alkyl halides is 3. The number of benzene rings is 1. The van der Waals surface area contributed by atoms with E-state index in [1.807, 2.05) is 5.38 Å². The predicted octanol–water partition coefficient (Wildman–Crippen LogP) is 4.11. The molecular formula is C16H19F3N2OS. The van der Waals surface area contributed by atoms with Gasteiger partial charge < -0.3 is 10.4 Å². The molecule has 7 heteroatoms. The number of rotatable bonds is 6. The first-order valence-electron chi connectivity index (χ1n) is 7.27. The summed E-state index contributed by atoms with van der Waals surface area (Å²) in [6, 6.07) is 4.76. The lowest BCUT2D eigenvalue weighted by atomic mass is 10.1. The number of aliphatic hydroxyl groups is 1. The van der Waals surface area contributed by atoms with Crippen LogP contribution >= 0.6 is 11.3 Å². The molecule has 0 amide bonds. The molecule has 1 atom stereocenters. The molecule has 1 aromatic heterocycles. The Bertz CT molecular complexity index is 640. The summed E-state index contributed by atoms with van der Waals surface area (Å²) in [5.41, 5.74) is 0.360. The average Bonchev–Trinajstić information content (AvgIpc) is 2.95. The zero-order valence-corrected chi connectivity index (χ0v) is 13.7. The van der Waals surface area contributed by atoms with E-state index in [9.17, 15) is 18.3 Å². The number of nitrogens with one attached hydrogen (secondary N) is 1. The highest BCUT2D eigenvalue weighted by atomic mass is 32.1. The van der Waals surface area contributed by atoms with Crippen LogP contribution < -0.4 is 5.32 Å². The van der Waals surface area contributed by atoms with Gasteiger partial charge in [0, 0.05) is 24.4 Å². The summed E-state index contributed by atoms with van der Waals surface area (Å²) in [6.45, 7) is 4.76. The molecule has 126 valence electrons. The van der Waals surface area contributed by atoms with Crippen molar-refractivity contribution in [2.24, 2.45) is 0 Å². The van der Waals surface area contributed by atoms with Gasteiger partial charge in [-0.25, -0.2) is 4.98 Å². The molecule has 1 heterocycles. The second kappa shape index (κ2) is 7.42. The van der Waals surface area contributed by atoms with E-state index in [2.05, 4.69) is 24.1 Å². The maximum atomic E-state index is 12.7. The van der Waals surface area contributed by atoms with Gasteiger partial charge in [-0.05, 0) is 17.7 Å². The van der Waals surface area contributed by atoms with Crippen LogP contribution in [-0.4, -0.2) is 16.6 Å². The SMILES string of the molecule is CC(C)c1nc(CNCC(O)c2cccc(C(F)(F)F)c2)cs1. The fourth-order valence-electron chi connectivity index (χ4n) is 2.05. The summed E-state index contributed by atoms with van der Waals surface area (Å²) in [7, 11) is 0. The molecule has 1 unspecified atom stereocenters. The summed E-state index contributed by atoms with van der Waals surface area (Å²) < 4.78 is 38.0. The van der Waals surface area contributed by atoms with Crippen molar-refractivity contribution in [2.75, 3.05) is 6.54 Å². The van der Waals surface area contributed by atoms with Crippen LogP contribution in [0.15, 0.2) is 29.6 Å². The molecular weight excluding hydrogens is 325 g/mol. The predicted molar refractivity (Wildman–Crippen MR) is 84.3 cm³/mol. The van der Waals surface area contributed by atoms with Gasteiger partial charge in [-0.2, -0.15) is 13.2 Å². The van der Waals surface area contributed by atoms with Gasteiger partial charge in [-0.1, -0.05) is 26.0 Å². The summed E-state index contributed by atoms with van der Waals surface area (Å²) >= 11 is 1.58. The number of hydrogen-bond donors (Lipinski definition) is 2. The molecule has 3 nitrogen and oxygen atoms in total. The van der Waals surface area contributed by atoms with Crippen molar-refractivity contribution >= 4 is 11.3 Å². The third-order valence-electron chi connectivity index (χ3n) is 3.31. The second-order valence-electron chi connectivity index (χ2n) is 5.60. The minimum atomic E-state index is -4.41. The molecule has 0 aliphatic heterocycles. The Hall–Kier alpha value is -1.44. The summed E-state index contributed by atoms with van der Waals surface area (Å²) in [5, 5.41) is 16.0. The van der Waals surface area contributed by atoms with E-state index in [1.54, 1.807) is 11.3 Å². The summed E-state index contributed by atoms with van der Waals surface area (Å²) in [5.74, 6) is 0.365. The Morgan fingerprint density at radius 1 is 1.30 bits per heavy atom. The van der Waals surface area contributed by atoms with Crippen LogP contribution in [0, 0.1) is 0 Å². The Kier molecular flexibility index (Phi) is 5.78. The van der Waals surface area contributed by atoms with Crippen molar-refractivity contribution in [1.29, 1.82) is 0 Å². The van der Waals surface area contributed by atoms with Gasteiger partial charge in [-0.3, -0.25) is 0 Å². The third-order valence-corrected chi connectivity index (χ3v) is 4.50. The molecule has 0 spiro atoms. The highest BCUT2D eigenvalue weighted by Gasteiger charge is 2.30. The largest absolute Gasteiger partial charge is 0.416 e. The number of thiazole rings is 1. The first-order valence-corrected chi connectivity index (χ1v) is 8.15. The van der Waals surface area contributed by atoms with Crippen molar-refractivity contribution in [3.05, 3.63) is 51.5 Å². The summed E-state index contributed by atoms with van der Waals surface area (Å²) in [4.78, 5) is 4.45. The lowest BCUT2D eigenvalue weighted by Crippen LogP contribution is -2.21. The van der Waals surface area contributed by atoms with Crippen molar-refractivity contribution in [2.45, 2.75) is 38.6 Å². The third kappa shape index (κ3) is 5.02. The molecule has 1 aromatic carbocycles. The molecule has 2 N–H and O–H groups in total. The van der Waals surface area contributed by atoms with E-state index in [4.69, 9.17) is 0 Å². The Morgan fingerprint density at radius 2 is 2.04 bits per heavy atom. The zero-order valence-electron chi connectivity index (χ0n) is 12.9. The minimum absolute atomic E-state index is 0.163. The van der Waals surface area contributed by atoms with Crippen molar-refractivity contribution < 1.29 is 18.3 Å². The standard InChI is InChI=1S/C16H19F3N2OS/c1-10(2)15-21-13(9-23-15)7-20-8-14(22)11-4-3-5-12(6-11)16(17,18)19/h3-6,9-10,14,20,22H,7-8H2,1-2H3. The fourth-order valence-corrected chi connectivity index (χ4v) is 2.88. The number of aliphatic hydroxyl groups excluding tert-OH is 1. The zero-order chi connectivity index (χ0) is 17.0. The van der Waals surface area contributed by atoms with Gasteiger partial charge in [0.15, 0.2) is 0 Å². The van der Waals surface area contributed by atoms with E-state index in [0.29, 0.717) is 12.5 Å². The van der Waals surface area contributed by atoms with Crippen LogP contribution in [0.5, 0.6) is 0 Å². The summed E-state index contributed by atoms with van der Waals surface area (Å²) in [6.07, 6.45) is -5.41. The number of nitrogens with zero attached hydrogens (tertiary/aromatic N) is 1. The average molecular weight is 344 g/mol. The minimum Gasteiger partial charge on any atom is -0.387 e. The normalized spacial score (nSPS) is 13.5. The van der Waals surface area contributed by atoms with Crippen LogP contribution in [-0.2, 0) is 12.7 Å². The van der Waals surface area contributed by atoms with Crippen LogP contribution in [0.1, 0.15) is 47.7 Å². The van der Waals surface area contributed by atoms with Gasteiger partial charge in [0.1, 0.15) is 0 Å². The molecule has 2 rings (SSSR count). The maximum absolute atomic E-state index is 12.7. The topological polar surface area (TPSA) is 45.2 Å². The first kappa shape index (κ1) is 17.9. The van der Waals surface area contributed by atoms with Gasteiger partial charge in [0.2, 0.25) is 0 Å². The Labute approximate surface area is 137 Å². The molecule has 23 heavy (non-hydrogen) atoms. The van der Waals surface area contributed by atoms with E-state index in [0.717, 1.165) is 22.8 Å². The fraction of sp³-hybridized carbons (Fsp3) is 0.438. The molecule has 0 saturated heterocycles. The monoisotopic (exact) mass is 344 g/mol. The smallest absolute Gasteiger partial charge is 0.387 e. The Morgan fingerprint density at radius 3 is 2.65 bits per heavy atom. The molecule has 0 fully saturated rings. The van der Waals surface area contributed by atoms with Crippen LogP contribution in [0.4, 0.5) is 13.2 Å². The van der Waals surface area contributed by atoms with E-state index in [-0.39, 0.29) is 12.1 Å². The highest BCUT2D eigenvalue weighted by Crippen LogP contribution is 2.30. The van der Waals surface area contributed by atoms with Gasteiger partial charge in [-0.15, -0.1) is 11.3 Å². The maximum Gasteiger partial charge on any atom is 0.416 e. The molecule has 0 saturated carbocycles. The lowest BCUT2D eigenvalue weighted by molar-refractivity contribution is -0.137.